The van der Waals surface area contributed by atoms with Crippen LogP contribution in [0.1, 0.15) is 17.0 Å². The van der Waals surface area contributed by atoms with Crippen molar-refractivity contribution in [2.45, 2.75) is 19.8 Å². The molecule has 25 heavy (non-hydrogen) atoms. The van der Waals surface area contributed by atoms with E-state index in [0.29, 0.717) is 26.0 Å². The Labute approximate surface area is 152 Å². The summed E-state index contributed by atoms with van der Waals surface area (Å²) in [6.07, 6.45) is 1.15. The molecule has 0 atom stereocenters. The van der Waals surface area contributed by atoms with Crippen molar-refractivity contribution in [2.24, 2.45) is 0 Å². The lowest BCUT2D eigenvalue weighted by atomic mass is 10.2. The highest BCUT2D eigenvalue weighted by Crippen LogP contribution is 2.22. The van der Waals surface area contributed by atoms with Gasteiger partial charge < -0.3 is 9.64 Å². The number of para-hydroxylation sites is 2. The smallest absolute Gasteiger partial charge is 0.222 e. The number of hydrogen-bond donors (Lipinski definition) is 0. The SMILES string of the molecule is Cc1ccccc1OCCN(C)C(=O)CCc1nc2ccccc2s1. The number of thiazole rings is 1. The Balaban J connectivity index is 1.45. The van der Waals surface area contributed by atoms with Crippen LogP contribution in [0.2, 0.25) is 0 Å². The highest BCUT2D eigenvalue weighted by atomic mass is 32.1. The highest BCUT2D eigenvalue weighted by molar-refractivity contribution is 7.18. The Kier molecular flexibility index (Phi) is 5.66. The van der Waals surface area contributed by atoms with E-state index in [0.717, 1.165) is 21.8 Å². The van der Waals surface area contributed by atoms with Crippen molar-refractivity contribution in [1.29, 1.82) is 0 Å². The summed E-state index contributed by atoms with van der Waals surface area (Å²) in [5.41, 5.74) is 2.11. The monoisotopic (exact) mass is 354 g/mol. The number of aryl methyl sites for hydroxylation is 2. The molecule has 5 heteroatoms. The summed E-state index contributed by atoms with van der Waals surface area (Å²) in [5.74, 6) is 0.991. The number of aromatic nitrogens is 1. The van der Waals surface area contributed by atoms with Crippen LogP contribution in [-0.4, -0.2) is 36.0 Å². The predicted molar refractivity (Wildman–Crippen MR) is 102 cm³/mol. The van der Waals surface area contributed by atoms with E-state index in [1.165, 1.54) is 4.70 Å². The van der Waals surface area contributed by atoms with E-state index in [1.54, 1.807) is 16.2 Å². The third-order valence-electron chi connectivity index (χ3n) is 4.09. The number of carbonyl (C=O) groups is 1. The van der Waals surface area contributed by atoms with Crippen LogP contribution in [-0.2, 0) is 11.2 Å². The minimum Gasteiger partial charge on any atom is -0.491 e. The Bertz CT molecular complexity index is 827. The first kappa shape index (κ1) is 17.4. The summed E-state index contributed by atoms with van der Waals surface area (Å²) >= 11 is 1.66. The fourth-order valence-corrected chi connectivity index (χ4v) is 3.53. The maximum atomic E-state index is 12.3. The largest absolute Gasteiger partial charge is 0.491 e. The quantitative estimate of drug-likeness (QED) is 0.642. The molecule has 3 rings (SSSR count). The van der Waals surface area contributed by atoms with Gasteiger partial charge in [-0.1, -0.05) is 30.3 Å². The topological polar surface area (TPSA) is 42.4 Å². The molecule has 0 spiro atoms. The molecular weight excluding hydrogens is 332 g/mol. The number of hydrogen-bond acceptors (Lipinski definition) is 4. The zero-order valence-corrected chi connectivity index (χ0v) is 15.4. The van der Waals surface area contributed by atoms with Crippen LogP contribution in [0.25, 0.3) is 10.2 Å². The molecule has 4 nitrogen and oxygen atoms in total. The highest BCUT2D eigenvalue weighted by Gasteiger charge is 2.11. The molecule has 130 valence electrons. The van der Waals surface area contributed by atoms with Gasteiger partial charge in [0, 0.05) is 19.9 Å². The average Bonchev–Trinajstić information content (AvgIpc) is 3.04. The van der Waals surface area contributed by atoms with Gasteiger partial charge in [0.05, 0.1) is 21.8 Å². The zero-order chi connectivity index (χ0) is 17.6. The van der Waals surface area contributed by atoms with Gasteiger partial charge in [-0.25, -0.2) is 4.98 Å². The standard InChI is InChI=1S/C20H22N2O2S/c1-15-7-3-5-9-17(15)24-14-13-22(2)20(23)12-11-19-21-16-8-4-6-10-18(16)25-19/h3-10H,11-14H2,1-2H3. The molecule has 0 fully saturated rings. The lowest BCUT2D eigenvalue weighted by Gasteiger charge is -2.17. The first-order valence-electron chi connectivity index (χ1n) is 8.40. The second-order valence-corrected chi connectivity index (χ2v) is 7.12. The van der Waals surface area contributed by atoms with Crippen molar-refractivity contribution < 1.29 is 9.53 Å². The molecule has 0 unspecified atom stereocenters. The van der Waals surface area contributed by atoms with Crippen molar-refractivity contribution in [3.8, 4) is 5.75 Å². The number of carbonyl (C=O) groups excluding carboxylic acids is 1. The Hall–Kier alpha value is -2.40. The summed E-state index contributed by atoms with van der Waals surface area (Å²) in [6, 6.07) is 16.0. The minimum absolute atomic E-state index is 0.118. The van der Waals surface area contributed by atoms with Crippen molar-refractivity contribution in [1.82, 2.24) is 9.88 Å². The van der Waals surface area contributed by atoms with Crippen LogP contribution >= 0.6 is 11.3 Å². The molecule has 0 aliphatic carbocycles. The number of rotatable bonds is 7. The molecule has 0 aliphatic rings. The van der Waals surface area contributed by atoms with Crippen molar-refractivity contribution in [2.75, 3.05) is 20.2 Å². The lowest BCUT2D eigenvalue weighted by molar-refractivity contribution is -0.130. The molecule has 1 heterocycles. The van der Waals surface area contributed by atoms with Gasteiger partial charge in [-0.15, -0.1) is 11.3 Å². The third kappa shape index (κ3) is 4.57. The number of amides is 1. The van der Waals surface area contributed by atoms with Crippen molar-refractivity contribution in [3.63, 3.8) is 0 Å². The zero-order valence-electron chi connectivity index (χ0n) is 14.6. The third-order valence-corrected chi connectivity index (χ3v) is 5.19. The van der Waals surface area contributed by atoms with E-state index < -0.39 is 0 Å². The summed E-state index contributed by atoms with van der Waals surface area (Å²) in [7, 11) is 1.82. The van der Waals surface area contributed by atoms with Gasteiger partial charge in [0.1, 0.15) is 12.4 Å². The van der Waals surface area contributed by atoms with E-state index >= 15 is 0 Å². The Morgan fingerprint density at radius 3 is 2.72 bits per heavy atom. The Morgan fingerprint density at radius 1 is 1.16 bits per heavy atom. The molecule has 1 aromatic heterocycles. The number of fused-ring (bicyclic) bond motifs is 1. The fraction of sp³-hybridized carbons (Fsp3) is 0.300. The predicted octanol–water partition coefficient (Wildman–Crippen LogP) is 4.07. The molecule has 1 amide bonds. The van der Waals surface area contributed by atoms with Crippen molar-refractivity contribution >= 4 is 27.5 Å². The number of ether oxygens (including phenoxy) is 1. The van der Waals surface area contributed by atoms with Gasteiger partial charge >= 0.3 is 0 Å². The van der Waals surface area contributed by atoms with E-state index in [9.17, 15) is 4.79 Å². The number of likely N-dealkylation sites (N-methyl/N-ethyl adjacent to an activating group) is 1. The molecule has 0 N–H and O–H groups in total. The van der Waals surface area contributed by atoms with E-state index in [4.69, 9.17) is 4.74 Å². The summed E-state index contributed by atoms with van der Waals surface area (Å²) in [6.45, 7) is 3.09. The van der Waals surface area contributed by atoms with Gasteiger partial charge in [0.25, 0.3) is 0 Å². The summed E-state index contributed by atoms with van der Waals surface area (Å²) in [5, 5.41) is 1.01. The molecule has 0 radical (unpaired) electrons. The van der Waals surface area contributed by atoms with Gasteiger partial charge in [-0.3, -0.25) is 4.79 Å². The van der Waals surface area contributed by atoms with Crippen LogP contribution in [0.3, 0.4) is 0 Å². The van der Waals surface area contributed by atoms with Crippen LogP contribution < -0.4 is 4.74 Å². The maximum absolute atomic E-state index is 12.3. The van der Waals surface area contributed by atoms with E-state index in [1.807, 2.05) is 56.4 Å². The molecule has 3 aromatic rings. The van der Waals surface area contributed by atoms with Crippen LogP contribution in [0.15, 0.2) is 48.5 Å². The molecular formula is C20H22N2O2S. The summed E-state index contributed by atoms with van der Waals surface area (Å²) < 4.78 is 6.93. The van der Waals surface area contributed by atoms with Crippen LogP contribution in [0.5, 0.6) is 5.75 Å². The van der Waals surface area contributed by atoms with Gasteiger partial charge in [-0.2, -0.15) is 0 Å². The van der Waals surface area contributed by atoms with E-state index in [-0.39, 0.29) is 5.91 Å². The second kappa shape index (κ2) is 8.12. The van der Waals surface area contributed by atoms with Crippen LogP contribution in [0.4, 0.5) is 0 Å². The molecule has 2 aromatic carbocycles. The molecule has 0 saturated heterocycles. The first-order valence-corrected chi connectivity index (χ1v) is 9.22. The van der Waals surface area contributed by atoms with Crippen LogP contribution in [0, 0.1) is 6.92 Å². The average molecular weight is 354 g/mol. The minimum atomic E-state index is 0.118. The van der Waals surface area contributed by atoms with E-state index in [2.05, 4.69) is 11.1 Å². The molecule has 0 saturated carbocycles. The van der Waals surface area contributed by atoms with Gasteiger partial charge in [0.15, 0.2) is 0 Å². The Morgan fingerprint density at radius 2 is 1.92 bits per heavy atom. The molecule has 0 bridgehead atoms. The second-order valence-electron chi connectivity index (χ2n) is 6.00. The number of benzene rings is 2. The maximum Gasteiger partial charge on any atom is 0.222 e. The van der Waals surface area contributed by atoms with Crippen molar-refractivity contribution in [3.05, 3.63) is 59.1 Å². The van der Waals surface area contributed by atoms with Gasteiger partial charge in [0.2, 0.25) is 5.91 Å². The normalized spacial score (nSPS) is 10.8. The molecule has 0 aliphatic heterocycles. The summed E-state index contributed by atoms with van der Waals surface area (Å²) in [4.78, 5) is 18.6. The number of nitrogens with zero attached hydrogens (tertiary/aromatic N) is 2. The fourth-order valence-electron chi connectivity index (χ4n) is 2.57. The lowest BCUT2D eigenvalue weighted by Crippen LogP contribution is -2.31. The first-order chi connectivity index (χ1) is 12.1. The van der Waals surface area contributed by atoms with Gasteiger partial charge in [-0.05, 0) is 30.7 Å².